The maximum atomic E-state index is 13.9. The van der Waals surface area contributed by atoms with E-state index in [-0.39, 0.29) is 11.0 Å². The quantitative estimate of drug-likeness (QED) is 0.423. The van der Waals surface area contributed by atoms with Crippen LogP contribution in [0.4, 0.5) is 21.7 Å². The Hall–Kier alpha value is -3.23. The van der Waals surface area contributed by atoms with E-state index in [1.54, 1.807) is 0 Å². The number of pyridine rings is 1. The van der Waals surface area contributed by atoms with Crippen LogP contribution in [0.2, 0.25) is 5.15 Å². The molecular formula is C23H23ClFN7. The van der Waals surface area contributed by atoms with E-state index >= 15 is 0 Å². The number of imidazole rings is 1. The summed E-state index contributed by atoms with van der Waals surface area (Å²) in [6.07, 6.45) is 4.01. The molecule has 0 spiro atoms. The first-order chi connectivity index (χ1) is 15.5. The van der Waals surface area contributed by atoms with Crippen LogP contribution >= 0.6 is 11.6 Å². The summed E-state index contributed by atoms with van der Waals surface area (Å²) in [5, 5.41) is 11.5. The lowest BCUT2D eigenvalue weighted by Crippen LogP contribution is -2.36. The van der Waals surface area contributed by atoms with E-state index in [4.69, 9.17) is 16.7 Å². The van der Waals surface area contributed by atoms with Crippen LogP contribution in [0.15, 0.2) is 54.7 Å². The molecule has 0 saturated carbocycles. The fraction of sp³-hybridized carbons (Fsp3) is 0.261. The molecule has 0 bridgehead atoms. The largest absolute Gasteiger partial charge is 0.366 e. The Bertz CT molecular complexity index is 1230. The fourth-order valence-corrected chi connectivity index (χ4v) is 4.02. The zero-order valence-corrected chi connectivity index (χ0v) is 18.3. The number of halogens is 2. The lowest BCUT2D eigenvalue weighted by molar-refractivity contribution is 0.263. The van der Waals surface area contributed by atoms with Crippen LogP contribution in [0.3, 0.4) is 0 Å². The molecule has 4 aromatic rings. The summed E-state index contributed by atoms with van der Waals surface area (Å²) in [4.78, 5) is 10.8. The predicted molar refractivity (Wildman–Crippen MR) is 125 cm³/mol. The summed E-state index contributed by atoms with van der Waals surface area (Å²) in [5.74, 6) is 0.465. The van der Waals surface area contributed by atoms with Crippen LogP contribution in [-0.2, 0) is 0 Å². The molecule has 2 N–H and O–H groups in total. The van der Waals surface area contributed by atoms with Gasteiger partial charge >= 0.3 is 0 Å². The van der Waals surface area contributed by atoms with Crippen molar-refractivity contribution in [2.24, 2.45) is 0 Å². The first-order valence-corrected chi connectivity index (χ1v) is 10.9. The maximum Gasteiger partial charge on any atom is 0.168 e. The third-order valence-corrected chi connectivity index (χ3v) is 5.90. The van der Waals surface area contributed by atoms with Crippen molar-refractivity contribution in [2.75, 3.05) is 30.8 Å². The van der Waals surface area contributed by atoms with Crippen LogP contribution in [0, 0.1) is 5.82 Å². The fourth-order valence-electron chi connectivity index (χ4n) is 3.88. The van der Waals surface area contributed by atoms with Gasteiger partial charge in [0, 0.05) is 17.3 Å². The topological polar surface area (TPSA) is 70.4 Å². The molecule has 1 aromatic carbocycles. The van der Waals surface area contributed by atoms with Crippen molar-refractivity contribution in [3.63, 3.8) is 0 Å². The van der Waals surface area contributed by atoms with Crippen LogP contribution in [0.5, 0.6) is 0 Å². The number of nitrogens with one attached hydrogen (secondary N) is 2. The number of likely N-dealkylation sites (tertiary alicyclic amines) is 1. The number of piperidine rings is 1. The molecule has 0 unspecified atom stereocenters. The molecule has 4 heterocycles. The van der Waals surface area contributed by atoms with Crippen molar-refractivity contribution in [3.05, 3.63) is 65.7 Å². The Morgan fingerprint density at radius 2 is 1.81 bits per heavy atom. The van der Waals surface area contributed by atoms with Gasteiger partial charge in [-0.15, -0.1) is 5.10 Å². The lowest BCUT2D eigenvalue weighted by atomic mass is 10.1. The molecule has 1 fully saturated rings. The number of aromatic nitrogens is 4. The molecule has 7 nitrogen and oxygen atoms in total. The number of fused-ring (bicyclic) bond motifs is 1. The first kappa shape index (κ1) is 20.7. The minimum absolute atomic E-state index is 0.0892. The van der Waals surface area contributed by atoms with Gasteiger partial charge in [-0.2, -0.15) is 0 Å². The van der Waals surface area contributed by atoms with Gasteiger partial charge in [-0.25, -0.2) is 18.9 Å². The molecule has 1 aliphatic heterocycles. The second-order valence-electron chi connectivity index (χ2n) is 8.02. The number of rotatable bonds is 5. The van der Waals surface area contributed by atoms with Crippen molar-refractivity contribution in [2.45, 2.75) is 18.9 Å². The Kier molecular flexibility index (Phi) is 5.63. The Morgan fingerprint density at radius 1 is 1.03 bits per heavy atom. The van der Waals surface area contributed by atoms with Gasteiger partial charge in [-0.1, -0.05) is 23.7 Å². The van der Waals surface area contributed by atoms with Crippen molar-refractivity contribution in [1.29, 1.82) is 0 Å². The second kappa shape index (κ2) is 8.72. The van der Waals surface area contributed by atoms with E-state index in [1.807, 2.05) is 47.1 Å². The van der Waals surface area contributed by atoms with E-state index in [2.05, 4.69) is 32.5 Å². The second-order valence-corrected chi connectivity index (χ2v) is 8.41. The van der Waals surface area contributed by atoms with Crippen LogP contribution in [0.25, 0.3) is 16.9 Å². The highest BCUT2D eigenvalue weighted by Crippen LogP contribution is 2.25. The van der Waals surface area contributed by atoms with Gasteiger partial charge in [-0.05, 0) is 69.4 Å². The third kappa shape index (κ3) is 4.37. The Labute approximate surface area is 190 Å². The van der Waals surface area contributed by atoms with E-state index in [1.165, 1.54) is 12.1 Å². The molecule has 1 saturated heterocycles. The number of hydrogen-bond acceptors (Lipinski definition) is 6. The lowest BCUT2D eigenvalue weighted by Gasteiger charge is -2.29. The van der Waals surface area contributed by atoms with Crippen LogP contribution in [-0.4, -0.2) is 50.7 Å². The van der Waals surface area contributed by atoms with E-state index in [0.717, 1.165) is 48.7 Å². The summed E-state index contributed by atoms with van der Waals surface area (Å²) >= 11 is 5.87. The monoisotopic (exact) mass is 451 g/mol. The molecule has 9 heteroatoms. The number of anilines is 3. The average Bonchev–Trinajstić information content (AvgIpc) is 3.22. The van der Waals surface area contributed by atoms with Gasteiger partial charge in [-0.3, -0.25) is 0 Å². The minimum atomic E-state index is -0.464. The van der Waals surface area contributed by atoms with Gasteiger partial charge in [0.25, 0.3) is 0 Å². The zero-order chi connectivity index (χ0) is 22.1. The standard InChI is InChI=1S/C23H23ClFN7/c1-31-12-10-17(11-13-31)27-21-8-9-22-26-14-19(32(22)30-21)15-2-4-16(5-3-15)28-23-18(25)6-7-20(24)29-23/h2-9,14,17H,10-13H2,1H3,(H,27,30)(H,28,29). The summed E-state index contributed by atoms with van der Waals surface area (Å²) < 4.78 is 15.8. The Balaban J connectivity index is 1.36. The molecule has 5 rings (SSSR count). The summed E-state index contributed by atoms with van der Waals surface area (Å²) in [5.41, 5.74) is 3.31. The van der Waals surface area contributed by atoms with Gasteiger partial charge in [0.05, 0.1) is 11.9 Å². The number of hydrogen-bond donors (Lipinski definition) is 2. The smallest absolute Gasteiger partial charge is 0.168 e. The molecule has 0 radical (unpaired) electrons. The molecule has 1 aliphatic rings. The predicted octanol–water partition coefficient (Wildman–Crippen LogP) is 4.83. The molecule has 32 heavy (non-hydrogen) atoms. The summed E-state index contributed by atoms with van der Waals surface area (Å²) in [6, 6.07) is 14.7. The molecule has 0 aliphatic carbocycles. The van der Waals surface area contributed by atoms with Gasteiger partial charge in [0.2, 0.25) is 0 Å². The first-order valence-electron chi connectivity index (χ1n) is 10.5. The van der Waals surface area contributed by atoms with Gasteiger partial charge in [0.1, 0.15) is 11.0 Å². The highest BCUT2D eigenvalue weighted by atomic mass is 35.5. The Morgan fingerprint density at radius 3 is 2.59 bits per heavy atom. The average molecular weight is 452 g/mol. The minimum Gasteiger partial charge on any atom is -0.366 e. The van der Waals surface area contributed by atoms with Crippen molar-refractivity contribution < 1.29 is 4.39 Å². The van der Waals surface area contributed by atoms with Gasteiger partial charge in [0.15, 0.2) is 17.3 Å². The molecular weight excluding hydrogens is 429 g/mol. The zero-order valence-electron chi connectivity index (χ0n) is 17.6. The summed E-state index contributed by atoms with van der Waals surface area (Å²) in [6.45, 7) is 2.18. The van der Waals surface area contributed by atoms with E-state index in [0.29, 0.717) is 11.7 Å². The van der Waals surface area contributed by atoms with Crippen molar-refractivity contribution in [1.82, 2.24) is 24.5 Å². The molecule has 0 atom stereocenters. The highest BCUT2D eigenvalue weighted by molar-refractivity contribution is 6.29. The summed E-state index contributed by atoms with van der Waals surface area (Å²) in [7, 11) is 2.15. The molecule has 0 amide bonds. The SMILES string of the molecule is CN1CCC(Nc2ccc3ncc(-c4ccc(Nc5nc(Cl)ccc5F)cc4)n3n2)CC1. The number of nitrogens with zero attached hydrogens (tertiary/aromatic N) is 5. The normalized spacial score (nSPS) is 15.2. The van der Waals surface area contributed by atoms with Crippen molar-refractivity contribution in [3.8, 4) is 11.3 Å². The van der Waals surface area contributed by atoms with Crippen LogP contribution in [0.1, 0.15) is 12.8 Å². The molecule has 3 aromatic heterocycles. The van der Waals surface area contributed by atoms with Crippen molar-refractivity contribution >= 4 is 34.6 Å². The molecule has 164 valence electrons. The third-order valence-electron chi connectivity index (χ3n) is 5.69. The van der Waals surface area contributed by atoms with E-state index in [9.17, 15) is 4.39 Å². The number of benzene rings is 1. The van der Waals surface area contributed by atoms with Gasteiger partial charge < -0.3 is 15.5 Å². The van der Waals surface area contributed by atoms with E-state index < -0.39 is 5.82 Å². The maximum absolute atomic E-state index is 13.9. The van der Waals surface area contributed by atoms with Crippen LogP contribution < -0.4 is 10.6 Å². The highest BCUT2D eigenvalue weighted by Gasteiger charge is 2.17.